The van der Waals surface area contributed by atoms with E-state index in [2.05, 4.69) is 5.32 Å². The van der Waals surface area contributed by atoms with Crippen molar-refractivity contribution in [2.75, 3.05) is 38.2 Å². The second-order valence-corrected chi connectivity index (χ2v) is 8.58. The van der Waals surface area contributed by atoms with Crippen LogP contribution in [0.5, 0.6) is 5.75 Å². The fourth-order valence-corrected chi connectivity index (χ4v) is 4.42. The summed E-state index contributed by atoms with van der Waals surface area (Å²) in [7, 11) is -4.12. The number of benzene rings is 2. The summed E-state index contributed by atoms with van der Waals surface area (Å²) in [4.78, 5) is 23.0. The Labute approximate surface area is 179 Å². The molecule has 2 amide bonds. The van der Waals surface area contributed by atoms with Gasteiger partial charge >= 0.3 is 0 Å². The van der Waals surface area contributed by atoms with Gasteiger partial charge in [-0.3, -0.25) is 9.59 Å². The minimum atomic E-state index is -4.12. The summed E-state index contributed by atoms with van der Waals surface area (Å²) < 4.78 is 51.7. The molecular formula is C20H22FN3O6S. The largest absolute Gasteiger partial charge is 0.491 e. The first-order valence-corrected chi connectivity index (χ1v) is 10.9. The molecule has 11 heteroatoms. The molecule has 0 spiro atoms. The summed E-state index contributed by atoms with van der Waals surface area (Å²) in [6.07, 6.45) is 0.00298. The monoisotopic (exact) mass is 451 g/mol. The summed E-state index contributed by atoms with van der Waals surface area (Å²) in [6.45, 7) is 0.671. The Morgan fingerprint density at radius 2 is 1.87 bits per heavy atom. The van der Waals surface area contributed by atoms with Crippen LogP contribution >= 0.6 is 0 Å². The second-order valence-electron chi connectivity index (χ2n) is 6.68. The Morgan fingerprint density at radius 3 is 2.58 bits per heavy atom. The molecular weight excluding hydrogens is 429 g/mol. The number of amides is 2. The number of para-hydroxylation sites is 2. The normalized spacial score (nSPS) is 14.7. The van der Waals surface area contributed by atoms with Gasteiger partial charge in [0.05, 0.1) is 31.9 Å². The highest BCUT2D eigenvalue weighted by Crippen LogP contribution is 2.26. The van der Waals surface area contributed by atoms with Crippen LogP contribution in [0.15, 0.2) is 47.4 Å². The molecule has 1 heterocycles. The number of morpholine rings is 1. The standard InChI is InChI=1S/C20H22FN3O6S/c21-15-6-5-14(13-18(15)31(27,28)24-8-11-29-12-9-24)20(26)23-16-3-1-2-4-17(16)30-10-7-19(22)25/h1-6,13H,7-12H2,(H2,22,25)(H,23,26). The van der Waals surface area contributed by atoms with Gasteiger partial charge in [0.1, 0.15) is 16.5 Å². The Morgan fingerprint density at radius 1 is 1.16 bits per heavy atom. The van der Waals surface area contributed by atoms with Crippen molar-refractivity contribution in [1.82, 2.24) is 4.31 Å². The second kappa shape index (κ2) is 9.86. The number of primary amides is 1. The van der Waals surface area contributed by atoms with Crippen LogP contribution in [0.25, 0.3) is 0 Å². The van der Waals surface area contributed by atoms with Crippen molar-refractivity contribution < 1.29 is 31.9 Å². The molecule has 1 aliphatic heterocycles. The lowest BCUT2D eigenvalue weighted by molar-refractivity contribution is -0.118. The molecule has 0 atom stereocenters. The van der Waals surface area contributed by atoms with E-state index in [-0.39, 0.29) is 44.9 Å². The average Bonchev–Trinajstić information content (AvgIpc) is 2.75. The molecule has 166 valence electrons. The molecule has 3 rings (SSSR count). The lowest BCUT2D eigenvalue weighted by atomic mass is 10.2. The predicted molar refractivity (Wildman–Crippen MR) is 110 cm³/mol. The van der Waals surface area contributed by atoms with Crippen LogP contribution < -0.4 is 15.8 Å². The maximum Gasteiger partial charge on any atom is 0.255 e. The van der Waals surface area contributed by atoms with Gasteiger partial charge in [-0.2, -0.15) is 4.31 Å². The number of rotatable bonds is 8. The van der Waals surface area contributed by atoms with Crippen LogP contribution in [0, 0.1) is 5.82 Å². The van der Waals surface area contributed by atoms with Crippen LogP contribution in [-0.4, -0.2) is 57.4 Å². The third-order valence-electron chi connectivity index (χ3n) is 4.52. The van der Waals surface area contributed by atoms with Gasteiger partial charge in [-0.15, -0.1) is 0 Å². The minimum Gasteiger partial charge on any atom is -0.491 e. The van der Waals surface area contributed by atoms with Crippen molar-refractivity contribution in [2.24, 2.45) is 5.73 Å². The summed E-state index contributed by atoms with van der Waals surface area (Å²) in [5.41, 5.74) is 5.35. The fraction of sp³-hybridized carbons (Fsp3) is 0.300. The number of hydrogen-bond donors (Lipinski definition) is 2. The Kier molecular flexibility index (Phi) is 7.21. The molecule has 2 aromatic carbocycles. The molecule has 0 aromatic heterocycles. The van der Waals surface area contributed by atoms with E-state index in [1.807, 2.05) is 0 Å². The molecule has 1 fully saturated rings. The first kappa shape index (κ1) is 22.7. The minimum absolute atomic E-state index is 0.00298. The van der Waals surface area contributed by atoms with Gasteiger partial charge in [-0.1, -0.05) is 12.1 Å². The number of halogens is 1. The number of nitrogens with one attached hydrogen (secondary N) is 1. The molecule has 0 radical (unpaired) electrons. The SMILES string of the molecule is NC(=O)CCOc1ccccc1NC(=O)c1ccc(F)c(S(=O)(=O)N2CCOCC2)c1. The third-order valence-corrected chi connectivity index (χ3v) is 6.44. The number of sulfonamides is 1. The van der Waals surface area contributed by atoms with Crippen molar-refractivity contribution in [2.45, 2.75) is 11.3 Å². The quantitative estimate of drug-likeness (QED) is 0.624. The Bertz CT molecular complexity index is 1070. The van der Waals surface area contributed by atoms with Gasteiger partial charge in [0, 0.05) is 18.7 Å². The number of nitrogens with two attached hydrogens (primary N) is 1. The predicted octanol–water partition coefficient (Wildman–Crippen LogP) is 1.35. The van der Waals surface area contributed by atoms with E-state index in [0.717, 1.165) is 16.4 Å². The number of carbonyl (C=O) groups excluding carboxylic acids is 2. The molecule has 1 aliphatic rings. The van der Waals surface area contributed by atoms with E-state index in [1.165, 1.54) is 6.07 Å². The highest BCUT2D eigenvalue weighted by atomic mass is 32.2. The Balaban J connectivity index is 1.81. The topological polar surface area (TPSA) is 128 Å². The highest BCUT2D eigenvalue weighted by molar-refractivity contribution is 7.89. The van der Waals surface area contributed by atoms with E-state index in [0.29, 0.717) is 11.4 Å². The van der Waals surface area contributed by atoms with Gasteiger partial charge in [0.15, 0.2) is 0 Å². The van der Waals surface area contributed by atoms with Crippen molar-refractivity contribution in [3.63, 3.8) is 0 Å². The molecule has 0 saturated carbocycles. The average molecular weight is 451 g/mol. The molecule has 1 saturated heterocycles. The summed E-state index contributed by atoms with van der Waals surface area (Å²) >= 11 is 0. The number of nitrogens with zero attached hydrogens (tertiary/aromatic N) is 1. The zero-order chi connectivity index (χ0) is 22.4. The van der Waals surface area contributed by atoms with Gasteiger partial charge in [0.2, 0.25) is 15.9 Å². The van der Waals surface area contributed by atoms with Gasteiger partial charge in [-0.25, -0.2) is 12.8 Å². The van der Waals surface area contributed by atoms with E-state index < -0.39 is 32.6 Å². The number of anilines is 1. The van der Waals surface area contributed by atoms with Crippen molar-refractivity contribution in [1.29, 1.82) is 0 Å². The molecule has 0 unspecified atom stereocenters. The molecule has 2 aromatic rings. The van der Waals surface area contributed by atoms with Crippen LogP contribution in [-0.2, 0) is 19.6 Å². The van der Waals surface area contributed by atoms with Crippen LogP contribution in [0.2, 0.25) is 0 Å². The van der Waals surface area contributed by atoms with Crippen LogP contribution in [0.4, 0.5) is 10.1 Å². The zero-order valence-electron chi connectivity index (χ0n) is 16.5. The maximum atomic E-state index is 14.4. The molecule has 9 nitrogen and oxygen atoms in total. The molecule has 0 aliphatic carbocycles. The smallest absolute Gasteiger partial charge is 0.255 e. The van der Waals surface area contributed by atoms with E-state index >= 15 is 0 Å². The zero-order valence-corrected chi connectivity index (χ0v) is 17.4. The molecule has 0 bridgehead atoms. The molecule has 3 N–H and O–H groups in total. The number of ether oxygens (including phenoxy) is 2. The van der Waals surface area contributed by atoms with Crippen molar-refractivity contribution in [3.05, 3.63) is 53.8 Å². The van der Waals surface area contributed by atoms with E-state index in [4.69, 9.17) is 15.2 Å². The summed E-state index contributed by atoms with van der Waals surface area (Å²) in [6, 6.07) is 9.65. The summed E-state index contributed by atoms with van der Waals surface area (Å²) in [5.74, 6) is -1.81. The lowest BCUT2D eigenvalue weighted by Gasteiger charge is -2.26. The van der Waals surface area contributed by atoms with Gasteiger partial charge in [0.25, 0.3) is 5.91 Å². The number of hydrogen-bond acceptors (Lipinski definition) is 6. The molecule has 31 heavy (non-hydrogen) atoms. The summed E-state index contributed by atoms with van der Waals surface area (Å²) in [5, 5.41) is 2.61. The number of carbonyl (C=O) groups is 2. The highest BCUT2D eigenvalue weighted by Gasteiger charge is 2.29. The first-order chi connectivity index (χ1) is 14.8. The third kappa shape index (κ3) is 5.57. The van der Waals surface area contributed by atoms with Crippen LogP contribution in [0.3, 0.4) is 0 Å². The van der Waals surface area contributed by atoms with E-state index in [1.54, 1.807) is 24.3 Å². The maximum absolute atomic E-state index is 14.4. The van der Waals surface area contributed by atoms with Crippen LogP contribution in [0.1, 0.15) is 16.8 Å². The van der Waals surface area contributed by atoms with Crippen molar-refractivity contribution >= 4 is 27.5 Å². The van der Waals surface area contributed by atoms with Gasteiger partial charge < -0.3 is 20.5 Å². The van der Waals surface area contributed by atoms with E-state index in [9.17, 15) is 22.4 Å². The first-order valence-electron chi connectivity index (χ1n) is 9.48. The Hall–Kier alpha value is -3.02. The lowest BCUT2D eigenvalue weighted by Crippen LogP contribution is -2.41. The van der Waals surface area contributed by atoms with Crippen molar-refractivity contribution in [3.8, 4) is 5.75 Å². The van der Waals surface area contributed by atoms with Gasteiger partial charge in [-0.05, 0) is 30.3 Å². The fourth-order valence-electron chi connectivity index (χ4n) is 2.92.